The molecule has 1 rings (SSSR count). The molecular formula is C13H24N2O4S2. The Bertz CT molecular complexity index is 492. The van der Waals surface area contributed by atoms with Gasteiger partial charge in [-0.15, -0.1) is 11.3 Å². The minimum Gasteiger partial charge on any atom is -0.380 e. The zero-order chi connectivity index (χ0) is 15.7. The largest absolute Gasteiger partial charge is 0.380 e. The molecular weight excluding hydrogens is 312 g/mol. The van der Waals surface area contributed by atoms with Gasteiger partial charge in [0.2, 0.25) is 0 Å². The highest BCUT2D eigenvalue weighted by atomic mass is 32.2. The van der Waals surface area contributed by atoms with Gasteiger partial charge in [-0.1, -0.05) is 0 Å². The standard InChI is InChI=1S/C13H24N2O4S2/c1-3-18-7-5-15(6-8-19-4-2)21(16,17)13-9-12(10-14)11-20-13/h9,11H,3-8,10,14H2,1-2H3. The van der Waals surface area contributed by atoms with E-state index in [1.165, 1.54) is 15.6 Å². The SMILES string of the molecule is CCOCCN(CCOCC)S(=O)(=O)c1cc(CN)cs1. The zero-order valence-electron chi connectivity index (χ0n) is 12.6. The summed E-state index contributed by atoms with van der Waals surface area (Å²) in [5.74, 6) is 0. The van der Waals surface area contributed by atoms with Gasteiger partial charge in [-0.2, -0.15) is 4.31 Å². The van der Waals surface area contributed by atoms with E-state index in [1.807, 2.05) is 13.8 Å². The van der Waals surface area contributed by atoms with Crippen LogP contribution in [0.4, 0.5) is 0 Å². The minimum atomic E-state index is -3.51. The molecule has 0 atom stereocenters. The summed E-state index contributed by atoms with van der Waals surface area (Å²) in [6.07, 6.45) is 0. The monoisotopic (exact) mass is 336 g/mol. The van der Waals surface area contributed by atoms with Gasteiger partial charge >= 0.3 is 0 Å². The maximum Gasteiger partial charge on any atom is 0.252 e. The summed E-state index contributed by atoms with van der Waals surface area (Å²) in [5, 5.41) is 1.77. The van der Waals surface area contributed by atoms with Crippen LogP contribution >= 0.6 is 11.3 Å². The molecule has 0 spiro atoms. The van der Waals surface area contributed by atoms with Gasteiger partial charge in [-0.05, 0) is 30.9 Å². The molecule has 0 saturated heterocycles. The van der Waals surface area contributed by atoms with Crippen LogP contribution in [0.25, 0.3) is 0 Å². The second-order valence-electron chi connectivity index (χ2n) is 4.28. The van der Waals surface area contributed by atoms with Crippen LogP contribution in [0.1, 0.15) is 19.4 Å². The first-order valence-electron chi connectivity index (χ1n) is 6.99. The Hall–Kier alpha value is -0.510. The van der Waals surface area contributed by atoms with Crippen molar-refractivity contribution in [2.24, 2.45) is 5.73 Å². The summed E-state index contributed by atoms with van der Waals surface area (Å²) in [7, 11) is -3.51. The van der Waals surface area contributed by atoms with Gasteiger partial charge in [-0.3, -0.25) is 0 Å². The van der Waals surface area contributed by atoms with Gasteiger partial charge in [0.1, 0.15) is 4.21 Å². The summed E-state index contributed by atoms with van der Waals surface area (Å²) in [6, 6.07) is 1.63. The van der Waals surface area contributed by atoms with Crippen LogP contribution in [0, 0.1) is 0 Å². The van der Waals surface area contributed by atoms with E-state index in [0.717, 1.165) is 5.56 Å². The number of nitrogens with two attached hydrogens (primary N) is 1. The molecule has 0 aromatic carbocycles. The quantitative estimate of drug-likeness (QED) is 0.615. The number of ether oxygens (including phenoxy) is 2. The van der Waals surface area contributed by atoms with Crippen LogP contribution in [0.3, 0.4) is 0 Å². The molecule has 8 heteroatoms. The normalized spacial score (nSPS) is 12.2. The summed E-state index contributed by atoms with van der Waals surface area (Å²) in [5.41, 5.74) is 6.36. The van der Waals surface area contributed by atoms with Crippen molar-refractivity contribution in [2.75, 3.05) is 39.5 Å². The lowest BCUT2D eigenvalue weighted by Crippen LogP contribution is -2.36. The van der Waals surface area contributed by atoms with Crippen LogP contribution in [0.15, 0.2) is 15.7 Å². The lowest BCUT2D eigenvalue weighted by Gasteiger charge is -2.21. The maximum atomic E-state index is 12.6. The van der Waals surface area contributed by atoms with Crippen molar-refractivity contribution >= 4 is 21.4 Å². The van der Waals surface area contributed by atoms with Crippen molar-refractivity contribution in [2.45, 2.75) is 24.6 Å². The smallest absolute Gasteiger partial charge is 0.252 e. The van der Waals surface area contributed by atoms with Crippen molar-refractivity contribution in [3.05, 3.63) is 17.0 Å². The predicted octanol–water partition coefficient (Wildman–Crippen LogP) is 1.27. The molecule has 0 aliphatic rings. The predicted molar refractivity (Wildman–Crippen MR) is 84.0 cm³/mol. The van der Waals surface area contributed by atoms with E-state index in [-0.39, 0.29) is 0 Å². The first-order chi connectivity index (χ1) is 10.1. The molecule has 0 saturated carbocycles. The molecule has 2 N–H and O–H groups in total. The van der Waals surface area contributed by atoms with Crippen LogP contribution in [-0.2, 0) is 26.0 Å². The summed E-state index contributed by atoms with van der Waals surface area (Å²) < 4.78 is 37.5. The van der Waals surface area contributed by atoms with Crippen molar-refractivity contribution < 1.29 is 17.9 Å². The van der Waals surface area contributed by atoms with Crippen LogP contribution < -0.4 is 5.73 Å². The van der Waals surface area contributed by atoms with Crippen molar-refractivity contribution in [3.63, 3.8) is 0 Å². The zero-order valence-corrected chi connectivity index (χ0v) is 14.2. The van der Waals surface area contributed by atoms with E-state index in [9.17, 15) is 8.42 Å². The van der Waals surface area contributed by atoms with Gasteiger partial charge in [0.15, 0.2) is 0 Å². The molecule has 6 nitrogen and oxygen atoms in total. The fourth-order valence-electron chi connectivity index (χ4n) is 1.70. The van der Waals surface area contributed by atoms with Gasteiger partial charge in [-0.25, -0.2) is 8.42 Å². The average Bonchev–Trinajstić information content (AvgIpc) is 2.95. The molecule has 0 aliphatic carbocycles. The number of rotatable bonds is 11. The van der Waals surface area contributed by atoms with E-state index in [2.05, 4.69) is 0 Å². The van der Waals surface area contributed by atoms with Crippen LogP contribution in [-0.4, -0.2) is 52.2 Å². The fourth-order valence-corrected chi connectivity index (χ4v) is 4.48. The maximum absolute atomic E-state index is 12.6. The number of hydrogen-bond acceptors (Lipinski definition) is 6. The first-order valence-corrected chi connectivity index (χ1v) is 9.31. The van der Waals surface area contributed by atoms with E-state index < -0.39 is 10.0 Å². The molecule has 1 aromatic heterocycles. The molecule has 0 radical (unpaired) electrons. The van der Waals surface area contributed by atoms with Gasteiger partial charge in [0, 0.05) is 32.8 Å². The Balaban J connectivity index is 2.81. The van der Waals surface area contributed by atoms with Gasteiger partial charge in [0.05, 0.1) is 13.2 Å². The van der Waals surface area contributed by atoms with E-state index in [0.29, 0.717) is 50.3 Å². The van der Waals surface area contributed by atoms with Gasteiger partial charge in [0.25, 0.3) is 10.0 Å². The van der Waals surface area contributed by atoms with Crippen LogP contribution in [0.5, 0.6) is 0 Å². The highest BCUT2D eigenvalue weighted by Crippen LogP contribution is 2.23. The molecule has 0 fully saturated rings. The van der Waals surface area contributed by atoms with Crippen LogP contribution in [0.2, 0.25) is 0 Å². The highest BCUT2D eigenvalue weighted by Gasteiger charge is 2.25. The lowest BCUT2D eigenvalue weighted by atomic mass is 10.4. The Morgan fingerprint density at radius 1 is 1.19 bits per heavy atom. The molecule has 0 amide bonds. The Labute approximate surface area is 130 Å². The van der Waals surface area contributed by atoms with E-state index in [4.69, 9.17) is 15.2 Å². The molecule has 1 aromatic rings. The van der Waals surface area contributed by atoms with Crippen molar-refractivity contribution in [1.29, 1.82) is 0 Å². The number of thiophene rings is 1. The fraction of sp³-hybridized carbons (Fsp3) is 0.692. The van der Waals surface area contributed by atoms with Crippen molar-refractivity contribution in [3.8, 4) is 0 Å². The average molecular weight is 336 g/mol. The second kappa shape index (κ2) is 9.50. The Morgan fingerprint density at radius 3 is 2.19 bits per heavy atom. The minimum absolute atomic E-state index is 0.316. The molecule has 122 valence electrons. The molecule has 0 aliphatic heterocycles. The molecule has 0 unspecified atom stereocenters. The molecule has 1 heterocycles. The third-order valence-electron chi connectivity index (χ3n) is 2.84. The summed E-state index contributed by atoms with van der Waals surface area (Å²) >= 11 is 1.20. The van der Waals surface area contributed by atoms with E-state index in [1.54, 1.807) is 11.4 Å². The Morgan fingerprint density at radius 2 is 1.76 bits per heavy atom. The summed E-state index contributed by atoms with van der Waals surface area (Å²) in [6.45, 7) is 6.61. The summed E-state index contributed by atoms with van der Waals surface area (Å²) in [4.78, 5) is 0. The second-order valence-corrected chi connectivity index (χ2v) is 7.35. The first kappa shape index (κ1) is 18.5. The lowest BCUT2D eigenvalue weighted by molar-refractivity contribution is 0.110. The van der Waals surface area contributed by atoms with Gasteiger partial charge < -0.3 is 15.2 Å². The highest BCUT2D eigenvalue weighted by molar-refractivity contribution is 7.91. The number of nitrogens with zero attached hydrogens (tertiary/aromatic N) is 1. The third kappa shape index (κ3) is 5.65. The number of hydrogen-bond donors (Lipinski definition) is 1. The molecule has 0 bridgehead atoms. The third-order valence-corrected chi connectivity index (χ3v) is 6.20. The molecule has 21 heavy (non-hydrogen) atoms. The van der Waals surface area contributed by atoms with Crippen molar-refractivity contribution in [1.82, 2.24) is 4.31 Å². The number of sulfonamides is 1. The Kier molecular flexibility index (Phi) is 8.38. The topological polar surface area (TPSA) is 81.9 Å². The van der Waals surface area contributed by atoms with E-state index >= 15 is 0 Å².